The minimum atomic E-state index is -4.59. The van der Waals surface area contributed by atoms with Gasteiger partial charge >= 0.3 is 6.18 Å². The molecule has 1 N–H and O–H groups in total. The first-order valence-corrected chi connectivity index (χ1v) is 11.4. The number of nitrogens with one attached hydrogen (secondary N) is 1. The number of aromatic nitrogens is 5. The second-order valence-electron chi connectivity index (χ2n) is 9.04. The summed E-state index contributed by atoms with van der Waals surface area (Å²) in [5, 5.41) is 7.99. The van der Waals surface area contributed by atoms with Crippen molar-refractivity contribution in [3.05, 3.63) is 69.8 Å². The van der Waals surface area contributed by atoms with Crippen LogP contribution in [-0.4, -0.2) is 42.3 Å². The van der Waals surface area contributed by atoms with E-state index in [1.807, 2.05) is 32.9 Å². The Hall–Kier alpha value is -3.40. The minimum Gasteiger partial charge on any atom is -0.340 e. The molecule has 0 spiro atoms. The van der Waals surface area contributed by atoms with Crippen molar-refractivity contribution in [1.82, 2.24) is 29.9 Å². The molecule has 0 saturated carbocycles. The van der Waals surface area contributed by atoms with Crippen molar-refractivity contribution in [3.8, 4) is 5.69 Å². The average molecular weight is 503 g/mol. The molecule has 1 amide bonds. The molecule has 182 valence electrons. The van der Waals surface area contributed by atoms with E-state index in [9.17, 15) is 18.0 Å². The molecule has 2 aromatic carbocycles. The van der Waals surface area contributed by atoms with Crippen LogP contribution in [-0.2, 0) is 11.7 Å². The summed E-state index contributed by atoms with van der Waals surface area (Å²) in [6.45, 7) is 6.22. The topological polar surface area (TPSA) is 79.7 Å². The van der Waals surface area contributed by atoms with Crippen molar-refractivity contribution in [3.63, 3.8) is 0 Å². The van der Waals surface area contributed by atoms with Crippen molar-refractivity contribution in [2.24, 2.45) is 0 Å². The van der Waals surface area contributed by atoms with Crippen LogP contribution >= 0.6 is 11.6 Å². The van der Waals surface area contributed by atoms with Gasteiger partial charge in [-0.05, 0) is 69.0 Å². The van der Waals surface area contributed by atoms with Crippen molar-refractivity contribution in [2.75, 3.05) is 6.54 Å². The Morgan fingerprint density at radius 3 is 2.49 bits per heavy atom. The molecular weight excluding hydrogens is 481 g/mol. The lowest BCUT2D eigenvalue weighted by molar-refractivity contribution is -0.137. The summed E-state index contributed by atoms with van der Waals surface area (Å²) in [6, 6.07) is 5.86. The maximum absolute atomic E-state index is 13.9. The van der Waals surface area contributed by atoms with Gasteiger partial charge in [0.25, 0.3) is 5.91 Å². The Morgan fingerprint density at radius 1 is 1.11 bits per heavy atom. The third-order valence-electron chi connectivity index (χ3n) is 6.75. The number of fused-ring (bicyclic) bond motifs is 1. The molecule has 3 heterocycles. The van der Waals surface area contributed by atoms with Crippen LogP contribution in [0.15, 0.2) is 36.7 Å². The molecule has 4 aromatic rings. The minimum absolute atomic E-state index is 0.143. The van der Waals surface area contributed by atoms with Crippen LogP contribution in [0.2, 0.25) is 5.02 Å². The Morgan fingerprint density at radius 2 is 1.80 bits per heavy atom. The molecule has 11 heteroatoms. The van der Waals surface area contributed by atoms with E-state index < -0.39 is 22.3 Å². The fraction of sp³-hybridized carbons (Fsp3) is 0.333. The van der Waals surface area contributed by atoms with Crippen LogP contribution in [0, 0.1) is 13.8 Å². The highest BCUT2D eigenvalue weighted by Crippen LogP contribution is 2.41. The number of aromatic amines is 1. The number of carbonyl (C=O) groups is 1. The monoisotopic (exact) mass is 502 g/mol. The number of likely N-dealkylation sites (tertiary alicyclic amines) is 1. The van der Waals surface area contributed by atoms with E-state index in [0.29, 0.717) is 42.0 Å². The molecule has 1 fully saturated rings. The summed E-state index contributed by atoms with van der Waals surface area (Å²) in [6.07, 6.45) is -0.202. The first-order chi connectivity index (χ1) is 16.5. The summed E-state index contributed by atoms with van der Waals surface area (Å²) in [5.41, 5.74) is 1.67. The number of nitrogens with zero attached hydrogens (tertiary/aromatic N) is 5. The van der Waals surface area contributed by atoms with E-state index >= 15 is 0 Å². The highest BCUT2D eigenvalue weighted by atomic mass is 35.5. The highest BCUT2D eigenvalue weighted by Gasteiger charge is 2.44. The van der Waals surface area contributed by atoms with Crippen molar-refractivity contribution in [1.29, 1.82) is 0 Å². The Kier molecular flexibility index (Phi) is 5.39. The lowest BCUT2D eigenvalue weighted by Gasteiger charge is -2.34. The Bertz CT molecular complexity index is 1450. The second kappa shape index (κ2) is 8.08. The summed E-state index contributed by atoms with van der Waals surface area (Å²) < 4.78 is 40.0. The van der Waals surface area contributed by atoms with Gasteiger partial charge in [-0.15, -0.1) is 0 Å². The molecule has 7 nitrogen and oxygen atoms in total. The van der Waals surface area contributed by atoms with E-state index in [1.54, 1.807) is 4.90 Å². The number of aryl methyl sites for hydroxylation is 2. The predicted molar refractivity (Wildman–Crippen MR) is 125 cm³/mol. The van der Waals surface area contributed by atoms with Crippen LogP contribution < -0.4 is 0 Å². The Labute approximate surface area is 203 Å². The van der Waals surface area contributed by atoms with Gasteiger partial charge in [0.05, 0.1) is 50.8 Å². The van der Waals surface area contributed by atoms with Gasteiger partial charge in [-0.1, -0.05) is 11.6 Å². The number of hydrogen-bond acceptors (Lipinski definition) is 4. The van der Waals surface area contributed by atoms with Gasteiger partial charge < -0.3 is 9.88 Å². The maximum atomic E-state index is 13.9. The fourth-order valence-electron chi connectivity index (χ4n) is 4.66. The Balaban J connectivity index is 1.58. The number of H-pyrrole nitrogens is 1. The summed E-state index contributed by atoms with van der Waals surface area (Å²) in [7, 11) is 0. The molecule has 0 radical (unpaired) electrons. The standard InChI is InChI=1S/C24H22ClF3N6O/c1-13-9-15(20(10-14(13)2)34-29-6-7-30-34)21(35)33-8-4-5-23(33,3)22-31-18-11-16(24(26,27)28)17(25)12-19(18)32-22/h6-7,9-12H,4-5,8H2,1-3H3,(H,31,32). The lowest BCUT2D eigenvalue weighted by Crippen LogP contribution is -2.44. The van der Waals surface area contributed by atoms with E-state index in [2.05, 4.69) is 20.2 Å². The SMILES string of the molecule is Cc1cc(C(=O)N2CCCC2(C)c2nc3cc(C(F)(F)F)c(Cl)cc3[nH]2)c(-n2nccn2)cc1C. The van der Waals surface area contributed by atoms with E-state index in [-0.39, 0.29) is 11.4 Å². The van der Waals surface area contributed by atoms with Gasteiger partial charge in [0.15, 0.2) is 0 Å². The molecule has 1 saturated heterocycles. The van der Waals surface area contributed by atoms with Crippen LogP contribution in [0.4, 0.5) is 13.2 Å². The van der Waals surface area contributed by atoms with Crippen molar-refractivity contribution < 1.29 is 18.0 Å². The number of alkyl halides is 3. The zero-order chi connectivity index (χ0) is 25.1. The molecular formula is C24H22ClF3N6O. The molecule has 1 aliphatic rings. The van der Waals surface area contributed by atoms with Crippen molar-refractivity contribution in [2.45, 2.75) is 45.3 Å². The van der Waals surface area contributed by atoms with Crippen molar-refractivity contribution >= 4 is 28.5 Å². The molecule has 5 rings (SSSR count). The van der Waals surface area contributed by atoms with E-state index in [0.717, 1.165) is 17.2 Å². The molecule has 35 heavy (non-hydrogen) atoms. The summed E-state index contributed by atoms with van der Waals surface area (Å²) in [4.78, 5) is 24.6. The molecule has 0 aliphatic carbocycles. The van der Waals surface area contributed by atoms with Gasteiger partial charge in [-0.2, -0.15) is 28.2 Å². The molecule has 0 bridgehead atoms. The molecule has 1 aliphatic heterocycles. The molecule has 1 atom stereocenters. The largest absolute Gasteiger partial charge is 0.417 e. The lowest BCUT2D eigenvalue weighted by atomic mass is 9.96. The number of carbonyl (C=O) groups excluding carboxylic acids is 1. The highest BCUT2D eigenvalue weighted by molar-refractivity contribution is 6.32. The number of imidazole rings is 1. The second-order valence-corrected chi connectivity index (χ2v) is 9.45. The van der Waals surface area contributed by atoms with E-state index in [4.69, 9.17) is 11.6 Å². The van der Waals surface area contributed by atoms with Gasteiger partial charge in [0.1, 0.15) is 5.82 Å². The average Bonchev–Trinajstić information content (AvgIpc) is 3.53. The maximum Gasteiger partial charge on any atom is 0.417 e. The quantitative estimate of drug-likeness (QED) is 0.396. The molecule has 1 unspecified atom stereocenters. The number of halogens is 4. The third-order valence-corrected chi connectivity index (χ3v) is 7.06. The number of hydrogen-bond donors (Lipinski definition) is 1. The van der Waals surface area contributed by atoms with Crippen LogP contribution in [0.1, 0.15) is 52.6 Å². The summed E-state index contributed by atoms with van der Waals surface area (Å²) >= 11 is 5.90. The smallest absolute Gasteiger partial charge is 0.340 e. The molecule has 2 aromatic heterocycles. The first-order valence-electron chi connectivity index (χ1n) is 11.1. The van der Waals surface area contributed by atoms with E-state index in [1.165, 1.54) is 23.3 Å². The number of amides is 1. The zero-order valence-electron chi connectivity index (χ0n) is 19.2. The fourth-order valence-corrected chi connectivity index (χ4v) is 4.93. The number of rotatable bonds is 3. The predicted octanol–water partition coefficient (Wildman–Crippen LogP) is 5.58. The van der Waals surface area contributed by atoms with Crippen LogP contribution in [0.5, 0.6) is 0 Å². The summed E-state index contributed by atoms with van der Waals surface area (Å²) in [5.74, 6) is 0.186. The zero-order valence-corrected chi connectivity index (χ0v) is 20.0. The van der Waals surface area contributed by atoms with Gasteiger partial charge in [-0.25, -0.2) is 4.98 Å². The number of benzene rings is 2. The van der Waals surface area contributed by atoms with Gasteiger partial charge in [0, 0.05) is 6.54 Å². The first kappa shape index (κ1) is 23.3. The third kappa shape index (κ3) is 3.85. The van der Waals surface area contributed by atoms with Gasteiger partial charge in [-0.3, -0.25) is 4.79 Å². The van der Waals surface area contributed by atoms with Crippen LogP contribution in [0.3, 0.4) is 0 Å². The van der Waals surface area contributed by atoms with Gasteiger partial charge in [0.2, 0.25) is 0 Å². The van der Waals surface area contributed by atoms with Crippen LogP contribution in [0.25, 0.3) is 16.7 Å². The normalized spacial score (nSPS) is 18.5.